The lowest BCUT2D eigenvalue weighted by molar-refractivity contribution is -0.138. The summed E-state index contributed by atoms with van der Waals surface area (Å²) in [7, 11) is 0. The number of aliphatic carboxylic acids is 1. The van der Waals surface area contributed by atoms with Crippen LogP contribution in [-0.4, -0.2) is 33.5 Å². The highest BCUT2D eigenvalue weighted by Gasteiger charge is 2.27. The van der Waals surface area contributed by atoms with Crippen LogP contribution >= 0.6 is 11.3 Å². The molecular formula is C14H16N2O2S. The Bertz CT molecular complexity index is 563. The summed E-state index contributed by atoms with van der Waals surface area (Å²) < 4.78 is 1.20. The summed E-state index contributed by atoms with van der Waals surface area (Å²) in [5, 5.41) is 10.0. The third-order valence-corrected chi connectivity index (χ3v) is 4.61. The second kappa shape index (κ2) is 5.27. The quantitative estimate of drug-likeness (QED) is 0.933. The fourth-order valence-electron chi connectivity index (χ4n) is 2.70. The summed E-state index contributed by atoms with van der Waals surface area (Å²) in [5.41, 5.74) is 1.04. The van der Waals surface area contributed by atoms with Crippen LogP contribution in [0.2, 0.25) is 0 Å². The lowest BCUT2D eigenvalue weighted by Crippen LogP contribution is -2.30. The fourth-order valence-corrected chi connectivity index (χ4v) is 3.69. The molecule has 3 rings (SSSR count). The second-order valence-corrected chi connectivity index (χ2v) is 6.05. The number of carboxylic acid groups (broad SMARTS) is 1. The minimum Gasteiger partial charge on any atom is -0.481 e. The van der Waals surface area contributed by atoms with Gasteiger partial charge in [-0.1, -0.05) is 12.1 Å². The Hall–Kier alpha value is -1.46. The zero-order valence-corrected chi connectivity index (χ0v) is 11.4. The van der Waals surface area contributed by atoms with Crippen LogP contribution in [0.3, 0.4) is 0 Å². The van der Waals surface area contributed by atoms with Crippen molar-refractivity contribution in [3.63, 3.8) is 0 Å². The number of thiazole rings is 1. The minimum absolute atomic E-state index is 0.171. The molecule has 2 heterocycles. The first-order chi connectivity index (χ1) is 9.22. The monoisotopic (exact) mass is 276 g/mol. The van der Waals surface area contributed by atoms with E-state index in [2.05, 4.69) is 16.0 Å². The Labute approximate surface area is 115 Å². The second-order valence-electron chi connectivity index (χ2n) is 4.94. The van der Waals surface area contributed by atoms with E-state index in [0.717, 1.165) is 36.5 Å². The number of benzene rings is 1. The molecule has 1 aliphatic heterocycles. The Kier molecular flexibility index (Phi) is 3.48. The fraction of sp³-hybridized carbons (Fsp3) is 0.429. The first-order valence-corrected chi connectivity index (χ1v) is 7.34. The molecule has 1 saturated heterocycles. The first-order valence-electron chi connectivity index (χ1n) is 6.52. The van der Waals surface area contributed by atoms with Gasteiger partial charge < -0.3 is 5.11 Å². The molecule has 4 nitrogen and oxygen atoms in total. The van der Waals surface area contributed by atoms with E-state index in [0.29, 0.717) is 0 Å². The molecule has 1 aromatic heterocycles. The van der Waals surface area contributed by atoms with Crippen LogP contribution in [0.5, 0.6) is 0 Å². The number of hydrogen-bond donors (Lipinski definition) is 1. The van der Waals surface area contributed by atoms with Gasteiger partial charge in [0.2, 0.25) is 0 Å². The molecule has 0 radical (unpaired) electrons. The molecule has 1 aromatic carbocycles. The summed E-state index contributed by atoms with van der Waals surface area (Å²) in [5.74, 6) is -0.707. The molecule has 1 unspecified atom stereocenters. The van der Waals surface area contributed by atoms with Crippen molar-refractivity contribution < 1.29 is 9.90 Å². The summed E-state index contributed by atoms with van der Waals surface area (Å²) in [6.45, 7) is 1.76. The van der Waals surface area contributed by atoms with Crippen molar-refractivity contribution in [3.05, 3.63) is 29.3 Å². The summed E-state index contributed by atoms with van der Waals surface area (Å²) in [6, 6.07) is 8.29. The zero-order valence-electron chi connectivity index (χ0n) is 10.6. The van der Waals surface area contributed by atoms with E-state index in [1.165, 1.54) is 4.70 Å². The predicted octanol–water partition coefficient (Wildman–Crippen LogP) is 2.74. The highest BCUT2D eigenvalue weighted by molar-refractivity contribution is 7.18. The van der Waals surface area contributed by atoms with E-state index in [9.17, 15) is 4.79 Å². The van der Waals surface area contributed by atoms with Crippen LogP contribution in [0, 0.1) is 0 Å². The lowest BCUT2D eigenvalue weighted by atomic mass is 10.1. The van der Waals surface area contributed by atoms with Crippen LogP contribution in [0.25, 0.3) is 10.2 Å². The number of hydrogen-bond acceptors (Lipinski definition) is 4. The average Bonchev–Trinajstić information content (AvgIpc) is 2.95. The molecule has 0 bridgehead atoms. The van der Waals surface area contributed by atoms with Crippen molar-refractivity contribution in [1.82, 2.24) is 9.88 Å². The van der Waals surface area contributed by atoms with Crippen LogP contribution < -0.4 is 0 Å². The molecule has 2 aromatic rings. The van der Waals surface area contributed by atoms with Crippen molar-refractivity contribution in [2.75, 3.05) is 6.54 Å². The molecule has 0 aliphatic carbocycles. The van der Waals surface area contributed by atoms with Gasteiger partial charge in [0.25, 0.3) is 0 Å². The van der Waals surface area contributed by atoms with E-state index in [-0.39, 0.29) is 12.5 Å². The lowest BCUT2D eigenvalue weighted by Gasteiger charge is -2.21. The van der Waals surface area contributed by atoms with E-state index in [1.54, 1.807) is 11.3 Å². The maximum atomic E-state index is 10.9. The third-order valence-electron chi connectivity index (χ3n) is 3.59. The molecule has 1 fully saturated rings. The number of carboxylic acids is 1. The smallest absolute Gasteiger partial charge is 0.304 e. The van der Waals surface area contributed by atoms with E-state index in [4.69, 9.17) is 5.11 Å². The number of aromatic nitrogens is 1. The van der Waals surface area contributed by atoms with Crippen molar-refractivity contribution in [2.24, 2.45) is 0 Å². The van der Waals surface area contributed by atoms with Gasteiger partial charge in [0.15, 0.2) is 0 Å². The van der Waals surface area contributed by atoms with Crippen LogP contribution in [0.15, 0.2) is 24.3 Å². The van der Waals surface area contributed by atoms with Crippen LogP contribution in [-0.2, 0) is 11.3 Å². The van der Waals surface area contributed by atoms with Gasteiger partial charge in [0.05, 0.1) is 23.2 Å². The van der Waals surface area contributed by atoms with Gasteiger partial charge in [-0.25, -0.2) is 4.98 Å². The average molecular weight is 276 g/mol. The van der Waals surface area contributed by atoms with Crippen molar-refractivity contribution in [2.45, 2.75) is 31.8 Å². The van der Waals surface area contributed by atoms with Crippen LogP contribution in [0.4, 0.5) is 0 Å². The van der Waals surface area contributed by atoms with Crippen molar-refractivity contribution in [1.29, 1.82) is 0 Å². The highest BCUT2D eigenvalue weighted by Crippen LogP contribution is 2.27. The van der Waals surface area contributed by atoms with Crippen molar-refractivity contribution >= 4 is 27.5 Å². The molecule has 5 heteroatoms. The van der Waals surface area contributed by atoms with Crippen LogP contribution in [0.1, 0.15) is 24.3 Å². The summed E-state index contributed by atoms with van der Waals surface area (Å²) in [6.07, 6.45) is 2.31. The largest absolute Gasteiger partial charge is 0.481 e. The predicted molar refractivity (Wildman–Crippen MR) is 75.3 cm³/mol. The summed E-state index contributed by atoms with van der Waals surface area (Å²) >= 11 is 1.70. The molecule has 0 spiro atoms. The first kappa shape index (κ1) is 12.6. The molecule has 1 aliphatic rings. The van der Waals surface area contributed by atoms with Gasteiger partial charge in [-0.05, 0) is 31.5 Å². The van der Waals surface area contributed by atoms with E-state index in [1.807, 2.05) is 18.2 Å². The Morgan fingerprint density at radius 2 is 2.32 bits per heavy atom. The Morgan fingerprint density at radius 1 is 1.47 bits per heavy atom. The van der Waals surface area contributed by atoms with Gasteiger partial charge in [-0.3, -0.25) is 9.69 Å². The Balaban J connectivity index is 1.74. The highest BCUT2D eigenvalue weighted by atomic mass is 32.1. The third kappa shape index (κ3) is 2.77. The SMILES string of the molecule is O=C(O)CC1CCCN1Cc1nc2ccccc2s1. The number of likely N-dealkylation sites (tertiary alicyclic amines) is 1. The zero-order chi connectivity index (χ0) is 13.2. The van der Waals surface area contributed by atoms with Gasteiger partial charge in [0.1, 0.15) is 5.01 Å². The van der Waals surface area contributed by atoms with Gasteiger partial charge in [-0.2, -0.15) is 0 Å². The molecular weight excluding hydrogens is 260 g/mol. The van der Waals surface area contributed by atoms with E-state index < -0.39 is 5.97 Å². The van der Waals surface area contributed by atoms with Crippen molar-refractivity contribution in [3.8, 4) is 0 Å². The normalized spacial score (nSPS) is 20.1. The molecule has 0 amide bonds. The molecule has 1 N–H and O–H groups in total. The molecule has 1 atom stereocenters. The standard InChI is InChI=1S/C14H16N2O2S/c17-14(18)8-10-4-3-7-16(10)9-13-15-11-5-1-2-6-12(11)19-13/h1-2,5-6,10H,3-4,7-9H2,(H,17,18). The number of fused-ring (bicyclic) bond motifs is 1. The summed E-state index contributed by atoms with van der Waals surface area (Å²) in [4.78, 5) is 17.7. The molecule has 100 valence electrons. The van der Waals surface area contributed by atoms with Gasteiger partial charge in [0, 0.05) is 6.04 Å². The molecule has 19 heavy (non-hydrogen) atoms. The Morgan fingerprint density at radius 3 is 3.11 bits per heavy atom. The molecule has 0 saturated carbocycles. The number of carbonyl (C=O) groups is 1. The topological polar surface area (TPSA) is 53.4 Å². The number of para-hydroxylation sites is 1. The van der Waals surface area contributed by atoms with E-state index >= 15 is 0 Å². The minimum atomic E-state index is -0.707. The van der Waals surface area contributed by atoms with Gasteiger partial charge >= 0.3 is 5.97 Å². The van der Waals surface area contributed by atoms with Gasteiger partial charge in [-0.15, -0.1) is 11.3 Å². The number of rotatable bonds is 4. The number of nitrogens with zero attached hydrogens (tertiary/aromatic N) is 2. The maximum Gasteiger partial charge on any atom is 0.304 e. The maximum absolute atomic E-state index is 10.9.